The van der Waals surface area contributed by atoms with E-state index in [1.807, 2.05) is 0 Å². The van der Waals surface area contributed by atoms with Crippen LogP contribution in [-0.4, -0.2) is 25.7 Å². The summed E-state index contributed by atoms with van der Waals surface area (Å²) >= 11 is 0. The first-order valence-corrected chi connectivity index (χ1v) is 7.17. The molecule has 18 heavy (non-hydrogen) atoms. The van der Waals surface area contributed by atoms with Crippen molar-refractivity contribution in [3.63, 3.8) is 0 Å². The molecule has 0 radical (unpaired) electrons. The Hall–Kier alpha value is -1.11. The van der Waals surface area contributed by atoms with E-state index in [2.05, 4.69) is 4.72 Å². The van der Waals surface area contributed by atoms with Gasteiger partial charge in [-0.05, 0) is 51.0 Å². The van der Waals surface area contributed by atoms with Crippen LogP contribution in [0.1, 0.15) is 25.8 Å². The maximum atomic E-state index is 12.2. The number of hydrogen-bond acceptors (Lipinski definition) is 4. The second-order valence-corrected chi connectivity index (χ2v) is 6.64. The second-order valence-electron chi connectivity index (χ2n) is 4.99. The molecule has 4 N–H and O–H groups in total. The molecule has 5 nitrogen and oxygen atoms in total. The lowest BCUT2D eigenvalue weighted by Gasteiger charge is -2.25. The van der Waals surface area contributed by atoms with E-state index in [0.29, 0.717) is 17.7 Å². The molecule has 1 rings (SSSR count). The molecule has 6 heteroatoms. The smallest absolute Gasteiger partial charge is 0.241 e. The van der Waals surface area contributed by atoms with Gasteiger partial charge in [0.1, 0.15) is 0 Å². The van der Waals surface area contributed by atoms with E-state index < -0.39 is 15.6 Å². The fourth-order valence-electron chi connectivity index (χ4n) is 1.72. The molecule has 0 aromatic heterocycles. The Balaban J connectivity index is 3.07. The number of hydrogen-bond donors (Lipinski definition) is 3. The third-order valence-electron chi connectivity index (χ3n) is 2.64. The molecule has 0 spiro atoms. The number of rotatable bonds is 5. The standard InChI is InChI=1S/C12H20N2O3S/c1-9-8-10(13)4-5-11(9)18(16,17)14-12(2,3)6-7-15/h4-5,8,14-15H,6-7,13H2,1-3H3. The third kappa shape index (κ3) is 3.69. The van der Waals surface area contributed by atoms with E-state index in [9.17, 15) is 8.42 Å². The first kappa shape index (κ1) is 14.9. The topological polar surface area (TPSA) is 92.4 Å². The van der Waals surface area contributed by atoms with Crippen molar-refractivity contribution >= 4 is 15.7 Å². The summed E-state index contributed by atoms with van der Waals surface area (Å²) in [7, 11) is -3.60. The van der Waals surface area contributed by atoms with Crippen LogP contribution in [0.5, 0.6) is 0 Å². The molecular weight excluding hydrogens is 252 g/mol. The van der Waals surface area contributed by atoms with Gasteiger partial charge in [0.15, 0.2) is 0 Å². The van der Waals surface area contributed by atoms with E-state index in [4.69, 9.17) is 10.8 Å². The van der Waals surface area contributed by atoms with Gasteiger partial charge in [-0.15, -0.1) is 0 Å². The van der Waals surface area contributed by atoms with Crippen LogP contribution in [0.4, 0.5) is 5.69 Å². The maximum Gasteiger partial charge on any atom is 0.241 e. The highest BCUT2D eigenvalue weighted by Crippen LogP contribution is 2.20. The minimum absolute atomic E-state index is 0.0732. The Labute approximate surface area is 108 Å². The molecule has 0 amide bonds. The third-order valence-corrected chi connectivity index (χ3v) is 4.49. The molecule has 0 saturated heterocycles. The van der Waals surface area contributed by atoms with Gasteiger partial charge in [0.05, 0.1) is 4.90 Å². The molecule has 0 saturated carbocycles. The summed E-state index contributed by atoms with van der Waals surface area (Å²) in [6.07, 6.45) is 0.347. The molecule has 0 bridgehead atoms. The molecule has 1 aromatic carbocycles. The van der Waals surface area contributed by atoms with Crippen LogP contribution in [0.2, 0.25) is 0 Å². The van der Waals surface area contributed by atoms with Gasteiger partial charge in [0, 0.05) is 17.8 Å². The molecule has 1 aromatic rings. The minimum atomic E-state index is -3.60. The maximum absolute atomic E-state index is 12.2. The number of aliphatic hydroxyl groups excluding tert-OH is 1. The Morgan fingerprint density at radius 3 is 2.50 bits per heavy atom. The fourth-order valence-corrected chi connectivity index (χ4v) is 3.39. The highest BCUT2D eigenvalue weighted by Gasteiger charge is 2.26. The van der Waals surface area contributed by atoms with Crippen molar-refractivity contribution in [2.75, 3.05) is 12.3 Å². The number of nitrogens with two attached hydrogens (primary N) is 1. The lowest BCUT2D eigenvalue weighted by molar-refractivity contribution is 0.245. The van der Waals surface area contributed by atoms with Gasteiger partial charge >= 0.3 is 0 Å². The average molecular weight is 272 g/mol. The molecule has 0 heterocycles. The van der Waals surface area contributed by atoms with Gasteiger partial charge in [0.2, 0.25) is 10.0 Å². The quantitative estimate of drug-likeness (QED) is 0.698. The Morgan fingerprint density at radius 2 is 2.00 bits per heavy atom. The number of aryl methyl sites for hydroxylation is 1. The van der Waals surface area contributed by atoms with Crippen LogP contribution in [0.3, 0.4) is 0 Å². The van der Waals surface area contributed by atoms with Crippen LogP contribution in [-0.2, 0) is 10.0 Å². The minimum Gasteiger partial charge on any atom is -0.399 e. The second kappa shape index (κ2) is 5.26. The van der Waals surface area contributed by atoms with E-state index >= 15 is 0 Å². The van der Waals surface area contributed by atoms with E-state index in [-0.39, 0.29) is 11.5 Å². The summed E-state index contributed by atoms with van der Waals surface area (Å²) in [4.78, 5) is 0.211. The van der Waals surface area contributed by atoms with Gasteiger partial charge in [-0.3, -0.25) is 0 Å². The zero-order valence-corrected chi connectivity index (χ0v) is 11.7. The molecule has 0 atom stereocenters. The van der Waals surface area contributed by atoms with Gasteiger partial charge < -0.3 is 10.8 Å². The van der Waals surface area contributed by atoms with Crippen molar-refractivity contribution in [1.82, 2.24) is 4.72 Å². The molecule has 0 fully saturated rings. The monoisotopic (exact) mass is 272 g/mol. The molecule has 0 aliphatic rings. The molecule has 0 aliphatic heterocycles. The largest absolute Gasteiger partial charge is 0.399 e. The van der Waals surface area contributed by atoms with Crippen molar-refractivity contribution in [1.29, 1.82) is 0 Å². The Morgan fingerprint density at radius 1 is 1.39 bits per heavy atom. The number of nitrogen functional groups attached to an aromatic ring is 1. The highest BCUT2D eigenvalue weighted by molar-refractivity contribution is 7.89. The molecule has 0 unspecified atom stereocenters. The molecular formula is C12H20N2O3S. The van der Waals surface area contributed by atoms with Crippen molar-refractivity contribution in [2.45, 2.75) is 37.6 Å². The van der Waals surface area contributed by atoms with Crippen LogP contribution in [0, 0.1) is 6.92 Å². The lowest BCUT2D eigenvalue weighted by atomic mass is 10.0. The van der Waals surface area contributed by atoms with Crippen LogP contribution in [0.15, 0.2) is 23.1 Å². The number of sulfonamides is 1. The Kier molecular flexibility index (Phi) is 4.37. The number of benzene rings is 1. The summed E-state index contributed by atoms with van der Waals surface area (Å²) in [6.45, 7) is 5.08. The van der Waals surface area contributed by atoms with Gasteiger partial charge in [0.25, 0.3) is 0 Å². The van der Waals surface area contributed by atoms with E-state index in [1.165, 1.54) is 6.07 Å². The fraction of sp³-hybridized carbons (Fsp3) is 0.500. The average Bonchev–Trinajstić information content (AvgIpc) is 2.14. The zero-order valence-electron chi connectivity index (χ0n) is 10.9. The van der Waals surface area contributed by atoms with Gasteiger partial charge in [-0.2, -0.15) is 0 Å². The lowest BCUT2D eigenvalue weighted by Crippen LogP contribution is -2.44. The predicted molar refractivity (Wildman–Crippen MR) is 71.7 cm³/mol. The van der Waals surface area contributed by atoms with Crippen LogP contribution in [0.25, 0.3) is 0 Å². The SMILES string of the molecule is Cc1cc(N)ccc1S(=O)(=O)NC(C)(C)CCO. The predicted octanol–water partition coefficient (Wildman–Crippen LogP) is 1.02. The summed E-state index contributed by atoms with van der Waals surface area (Å²) < 4.78 is 27.0. The van der Waals surface area contributed by atoms with Crippen molar-refractivity contribution in [3.8, 4) is 0 Å². The Bertz CT molecular complexity index is 524. The van der Waals surface area contributed by atoms with Crippen molar-refractivity contribution < 1.29 is 13.5 Å². The number of aliphatic hydroxyl groups is 1. The summed E-state index contributed by atoms with van der Waals surface area (Å²) in [6, 6.07) is 4.66. The summed E-state index contributed by atoms with van der Waals surface area (Å²) in [5, 5.41) is 8.91. The van der Waals surface area contributed by atoms with Gasteiger partial charge in [-0.25, -0.2) is 13.1 Å². The van der Waals surface area contributed by atoms with Crippen LogP contribution < -0.4 is 10.5 Å². The summed E-state index contributed by atoms with van der Waals surface area (Å²) in [5.74, 6) is 0. The normalized spacial score (nSPS) is 12.7. The first-order chi connectivity index (χ1) is 8.18. The highest BCUT2D eigenvalue weighted by atomic mass is 32.2. The van der Waals surface area contributed by atoms with Gasteiger partial charge in [-0.1, -0.05) is 0 Å². The summed E-state index contributed by atoms with van der Waals surface area (Å²) in [5.41, 5.74) is 6.03. The van der Waals surface area contributed by atoms with E-state index in [0.717, 1.165) is 0 Å². The van der Waals surface area contributed by atoms with Crippen molar-refractivity contribution in [3.05, 3.63) is 23.8 Å². The van der Waals surface area contributed by atoms with E-state index in [1.54, 1.807) is 32.9 Å². The zero-order chi connectivity index (χ0) is 14.0. The number of anilines is 1. The molecule has 0 aliphatic carbocycles. The first-order valence-electron chi connectivity index (χ1n) is 5.69. The molecule has 102 valence electrons. The van der Waals surface area contributed by atoms with Crippen molar-refractivity contribution in [2.24, 2.45) is 0 Å². The van der Waals surface area contributed by atoms with Crippen LogP contribution >= 0.6 is 0 Å². The number of nitrogens with one attached hydrogen (secondary N) is 1.